The van der Waals surface area contributed by atoms with Crippen LogP contribution in [0.3, 0.4) is 0 Å². The second-order valence-corrected chi connectivity index (χ2v) is 8.03. The first kappa shape index (κ1) is 19.2. The van der Waals surface area contributed by atoms with E-state index in [1.807, 2.05) is 23.1 Å². The number of fused-ring (bicyclic) bond motifs is 1. The zero-order valence-electron chi connectivity index (χ0n) is 15.9. The van der Waals surface area contributed by atoms with Crippen molar-refractivity contribution in [3.05, 3.63) is 87.6 Å². The number of benzene rings is 2. The van der Waals surface area contributed by atoms with Crippen molar-refractivity contribution in [2.75, 3.05) is 13.2 Å². The molecule has 2 heterocycles. The standard InChI is InChI=1S/C23H22N2O3S/c24-21(26)14-16-6-8-18(9-7-16)28-15-22(27)25-12-10-20-19(11-13-29-20)23(25)17-4-2-1-3-5-17/h1-9,11,13,23H,10,12,14-15H2,(H2,24,26)/t23-/m1/s1. The normalized spacial score (nSPS) is 15.6. The van der Waals surface area contributed by atoms with Crippen LogP contribution >= 0.6 is 11.3 Å². The topological polar surface area (TPSA) is 72.6 Å². The van der Waals surface area contributed by atoms with Gasteiger partial charge in [0.2, 0.25) is 5.91 Å². The van der Waals surface area contributed by atoms with E-state index < -0.39 is 0 Å². The Morgan fingerprint density at radius 3 is 2.55 bits per heavy atom. The molecule has 0 bridgehead atoms. The second-order valence-electron chi connectivity index (χ2n) is 7.03. The van der Waals surface area contributed by atoms with Gasteiger partial charge < -0.3 is 15.4 Å². The molecule has 1 aliphatic heterocycles. The molecule has 1 atom stereocenters. The lowest BCUT2D eigenvalue weighted by Crippen LogP contribution is -2.42. The van der Waals surface area contributed by atoms with Crippen molar-refractivity contribution in [3.63, 3.8) is 0 Å². The molecule has 0 saturated carbocycles. The van der Waals surface area contributed by atoms with E-state index in [9.17, 15) is 9.59 Å². The lowest BCUT2D eigenvalue weighted by atomic mass is 9.93. The van der Waals surface area contributed by atoms with Crippen molar-refractivity contribution < 1.29 is 14.3 Å². The number of carbonyl (C=O) groups is 2. The van der Waals surface area contributed by atoms with E-state index in [4.69, 9.17) is 10.5 Å². The maximum atomic E-state index is 13.0. The first-order chi connectivity index (χ1) is 14.1. The van der Waals surface area contributed by atoms with E-state index in [0.29, 0.717) is 12.3 Å². The fourth-order valence-electron chi connectivity index (χ4n) is 3.71. The molecule has 1 aliphatic rings. The van der Waals surface area contributed by atoms with E-state index in [-0.39, 0.29) is 30.9 Å². The summed E-state index contributed by atoms with van der Waals surface area (Å²) in [6.07, 6.45) is 1.05. The maximum absolute atomic E-state index is 13.0. The van der Waals surface area contributed by atoms with Gasteiger partial charge in [0.15, 0.2) is 6.61 Å². The van der Waals surface area contributed by atoms with Crippen molar-refractivity contribution in [1.29, 1.82) is 0 Å². The average molecular weight is 407 g/mol. The van der Waals surface area contributed by atoms with Gasteiger partial charge in [0, 0.05) is 11.4 Å². The molecule has 5 nitrogen and oxygen atoms in total. The van der Waals surface area contributed by atoms with Crippen LogP contribution in [0.1, 0.15) is 27.6 Å². The van der Waals surface area contributed by atoms with Crippen LogP contribution in [0, 0.1) is 0 Å². The van der Waals surface area contributed by atoms with Crippen LogP contribution in [0.5, 0.6) is 5.75 Å². The molecule has 0 saturated heterocycles. The van der Waals surface area contributed by atoms with Gasteiger partial charge in [-0.05, 0) is 46.7 Å². The van der Waals surface area contributed by atoms with Gasteiger partial charge in [0.05, 0.1) is 12.5 Å². The Morgan fingerprint density at radius 2 is 1.83 bits per heavy atom. The number of rotatable bonds is 6. The van der Waals surface area contributed by atoms with Gasteiger partial charge in [0.1, 0.15) is 5.75 Å². The van der Waals surface area contributed by atoms with E-state index in [2.05, 4.69) is 23.6 Å². The summed E-state index contributed by atoms with van der Waals surface area (Å²) < 4.78 is 5.73. The molecule has 3 aromatic rings. The number of hydrogen-bond acceptors (Lipinski definition) is 4. The van der Waals surface area contributed by atoms with Crippen LogP contribution in [-0.4, -0.2) is 29.9 Å². The largest absolute Gasteiger partial charge is 0.484 e. The molecule has 0 unspecified atom stereocenters. The van der Waals surface area contributed by atoms with Gasteiger partial charge in [-0.2, -0.15) is 0 Å². The molecule has 29 heavy (non-hydrogen) atoms. The zero-order chi connectivity index (χ0) is 20.2. The Kier molecular flexibility index (Phi) is 5.62. The third-order valence-electron chi connectivity index (χ3n) is 5.07. The summed E-state index contributed by atoms with van der Waals surface area (Å²) in [6, 6.07) is 19.2. The number of carbonyl (C=O) groups excluding carboxylic acids is 2. The highest BCUT2D eigenvalue weighted by Crippen LogP contribution is 2.37. The first-order valence-electron chi connectivity index (χ1n) is 9.52. The van der Waals surface area contributed by atoms with Crippen LogP contribution in [0.25, 0.3) is 0 Å². The summed E-state index contributed by atoms with van der Waals surface area (Å²) in [5.41, 5.74) is 8.34. The van der Waals surface area contributed by atoms with Crippen molar-refractivity contribution in [3.8, 4) is 5.75 Å². The lowest BCUT2D eigenvalue weighted by Gasteiger charge is -2.36. The second kappa shape index (κ2) is 8.49. The Balaban J connectivity index is 1.48. The van der Waals surface area contributed by atoms with Crippen LogP contribution in [0.2, 0.25) is 0 Å². The third kappa shape index (κ3) is 4.32. The fourth-order valence-corrected chi connectivity index (χ4v) is 4.62. The molecule has 6 heteroatoms. The predicted molar refractivity (Wildman–Crippen MR) is 113 cm³/mol. The zero-order valence-corrected chi connectivity index (χ0v) is 16.7. The van der Waals surface area contributed by atoms with E-state index in [1.165, 1.54) is 10.4 Å². The number of ether oxygens (including phenoxy) is 1. The van der Waals surface area contributed by atoms with Crippen LogP contribution in [0.4, 0.5) is 0 Å². The molecular weight excluding hydrogens is 384 g/mol. The summed E-state index contributed by atoms with van der Waals surface area (Å²) in [6.45, 7) is 0.644. The molecule has 0 aliphatic carbocycles. The summed E-state index contributed by atoms with van der Waals surface area (Å²) >= 11 is 1.75. The Labute approximate surface area is 173 Å². The van der Waals surface area contributed by atoms with Crippen molar-refractivity contribution in [1.82, 2.24) is 4.90 Å². The number of hydrogen-bond donors (Lipinski definition) is 1. The highest BCUT2D eigenvalue weighted by atomic mass is 32.1. The third-order valence-corrected chi connectivity index (χ3v) is 6.06. The molecule has 4 rings (SSSR count). The number of thiophene rings is 1. The number of nitrogens with zero attached hydrogens (tertiary/aromatic N) is 1. The Hall–Kier alpha value is -3.12. The smallest absolute Gasteiger partial charge is 0.261 e. The summed E-state index contributed by atoms with van der Waals surface area (Å²) in [5.74, 6) is 0.173. The van der Waals surface area contributed by atoms with Gasteiger partial charge in [-0.3, -0.25) is 9.59 Å². The fraction of sp³-hybridized carbons (Fsp3) is 0.217. The van der Waals surface area contributed by atoms with Gasteiger partial charge in [-0.25, -0.2) is 0 Å². The van der Waals surface area contributed by atoms with Gasteiger partial charge in [-0.1, -0.05) is 42.5 Å². The minimum Gasteiger partial charge on any atom is -0.484 e. The Bertz CT molecular complexity index is 998. The lowest BCUT2D eigenvalue weighted by molar-refractivity contribution is -0.135. The van der Waals surface area contributed by atoms with E-state index >= 15 is 0 Å². The average Bonchev–Trinajstić information content (AvgIpc) is 3.21. The number of amides is 2. The molecule has 0 spiro atoms. The van der Waals surface area contributed by atoms with Gasteiger partial charge in [-0.15, -0.1) is 11.3 Å². The van der Waals surface area contributed by atoms with Gasteiger partial charge in [0.25, 0.3) is 5.91 Å². The molecule has 1 aromatic heterocycles. The molecule has 148 valence electrons. The van der Waals surface area contributed by atoms with E-state index in [1.54, 1.807) is 35.6 Å². The van der Waals surface area contributed by atoms with Crippen molar-refractivity contribution >= 4 is 23.2 Å². The maximum Gasteiger partial charge on any atom is 0.261 e. The molecular formula is C23H22N2O3S. The summed E-state index contributed by atoms with van der Waals surface area (Å²) in [5, 5.41) is 2.10. The Morgan fingerprint density at radius 1 is 1.07 bits per heavy atom. The van der Waals surface area contributed by atoms with E-state index in [0.717, 1.165) is 17.5 Å². The minimum absolute atomic E-state index is 0.0298. The number of nitrogens with two attached hydrogens (primary N) is 1. The van der Waals surface area contributed by atoms with Gasteiger partial charge >= 0.3 is 0 Å². The molecule has 0 radical (unpaired) electrons. The monoisotopic (exact) mass is 406 g/mol. The van der Waals surface area contributed by atoms with Crippen molar-refractivity contribution in [2.45, 2.75) is 18.9 Å². The molecule has 2 N–H and O–H groups in total. The quantitative estimate of drug-likeness (QED) is 0.682. The molecule has 0 fully saturated rings. The minimum atomic E-state index is -0.376. The molecule has 2 amide bonds. The highest BCUT2D eigenvalue weighted by molar-refractivity contribution is 7.10. The first-order valence-corrected chi connectivity index (χ1v) is 10.4. The number of primary amides is 1. The van der Waals surface area contributed by atoms with Crippen LogP contribution < -0.4 is 10.5 Å². The molecule has 2 aromatic carbocycles. The predicted octanol–water partition coefficient (Wildman–Crippen LogP) is 3.33. The summed E-state index contributed by atoms with van der Waals surface area (Å²) in [4.78, 5) is 27.3. The van der Waals surface area contributed by atoms with Crippen molar-refractivity contribution in [2.24, 2.45) is 5.73 Å². The van der Waals surface area contributed by atoms with Crippen LogP contribution in [-0.2, 0) is 22.4 Å². The SMILES string of the molecule is NC(=O)Cc1ccc(OCC(=O)N2CCc3sccc3[C@H]2c2ccccc2)cc1. The summed E-state index contributed by atoms with van der Waals surface area (Å²) in [7, 11) is 0. The van der Waals surface area contributed by atoms with Crippen LogP contribution in [0.15, 0.2) is 66.0 Å². The highest BCUT2D eigenvalue weighted by Gasteiger charge is 2.32.